The van der Waals surface area contributed by atoms with Crippen molar-refractivity contribution < 1.29 is 4.74 Å². The fraction of sp³-hybridized carbons (Fsp3) is 0.350. The molecule has 1 aliphatic heterocycles. The maximum absolute atomic E-state index is 6.08. The Labute approximate surface area is 149 Å². The van der Waals surface area contributed by atoms with Gasteiger partial charge in [-0.15, -0.1) is 0 Å². The quantitative estimate of drug-likeness (QED) is 0.628. The van der Waals surface area contributed by atoms with Gasteiger partial charge < -0.3 is 20.7 Å². The second kappa shape index (κ2) is 8.53. The number of hydrogen-bond acceptors (Lipinski definition) is 3. The Balaban J connectivity index is 1.54. The molecular formula is C20H26N4O. The fourth-order valence-electron chi connectivity index (χ4n) is 3.18. The minimum absolute atomic E-state index is 0.460. The second-order valence-electron chi connectivity index (χ2n) is 6.38. The van der Waals surface area contributed by atoms with E-state index in [4.69, 9.17) is 10.5 Å². The van der Waals surface area contributed by atoms with Gasteiger partial charge in [-0.05, 0) is 30.5 Å². The number of nitrogens with zero attached hydrogens (tertiary/aromatic N) is 2. The summed E-state index contributed by atoms with van der Waals surface area (Å²) in [7, 11) is 1.69. The molecule has 2 aromatic carbocycles. The highest BCUT2D eigenvalue weighted by Gasteiger charge is 2.22. The number of methoxy groups -OCH3 is 1. The van der Waals surface area contributed by atoms with E-state index in [9.17, 15) is 0 Å². The molecule has 3 rings (SSSR count). The lowest BCUT2D eigenvalue weighted by molar-refractivity contribution is 0.185. The van der Waals surface area contributed by atoms with E-state index in [1.54, 1.807) is 7.11 Å². The Kier molecular flexibility index (Phi) is 5.90. The van der Waals surface area contributed by atoms with Crippen molar-refractivity contribution >= 4 is 17.3 Å². The van der Waals surface area contributed by atoms with Gasteiger partial charge in [0, 0.05) is 43.7 Å². The largest absolute Gasteiger partial charge is 0.380 e. The highest BCUT2D eigenvalue weighted by Crippen LogP contribution is 2.23. The Morgan fingerprint density at radius 1 is 1.20 bits per heavy atom. The van der Waals surface area contributed by atoms with Crippen LogP contribution in [0.15, 0.2) is 59.6 Å². The van der Waals surface area contributed by atoms with Gasteiger partial charge in [0.25, 0.3) is 0 Å². The van der Waals surface area contributed by atoms with Crippen molar-refractivity contribution in [2.45, 2.75) is 13.0 Å². The van der Waals surface area contributed by atoms with Crippen molar-refractivity contribution in [1.82, 2.24) is 0 Å². The number of ether oxygens (including phenoxy) is 1. The van der Waals surface area contributed by atoms with Crippen LogP contribution in [0.3, 0.4) is 0 Å². The van der Waals surface area contributed by atoms with E-state index in [1.807, 2.05) is 24.3 Å². The van der Waals surface area contributed by atoms with E-state index in [-0.39, 0.29) is 0 Å². The molecule has 5 nitrogen and oxygen atoms in total. The second-order valence-corrected chi connectivity index (χ2v) is 6.38. The molecule has 0 bridgehead atoms. The number of aliphatic imine (C=N–C) groups is 1. The normalized spacial score (nSPS) is 17.7. The van der Waals surface area contributed by atoms with E-state index in [0.29, 0.717) is 18.5 Å². The molecule has 1 atom stereocenters. The van der Waals surface area contributed by atoms with Gasteiger partial charge >= 0.3 is 0 Å². The zero-order chi connectivity index (χ0) is 17.5. The summed E-state index contributed by atoms with van der Waals surface area (Å²) >= 11 is 0. The van der Waals surface area contributed by atoms with Gasteiger partial charge in [0.2, 0.25) is 0 Å². The third kappa shape index (κ3) is 4.73. The maximum atomic E-state index is 6.08. The van der Waals surface area contributed by atoms with Crippen LogP contribution in [0.25, 0.3) is 0 Å². The van der Waals surface area contributed by atoms with Crippen LogP contribution >= 0.6 is 0 Å². The molecule has 0 aliphatic carbocycles. The average molecular weight is 338 g/mol. The molecule has 1 unspecified atom stereocenters. The molecule has 0 aromatic heterocycles. The summed E-state index contributed by atoms with van der Waals surface area (Å²) in [6, 6.07) is 18.5. The van der Waals surface area contributed by atoms with Crippen LogP contribution in [0.2, 0.25) is 0 Å². The van der Waals surface area contributed by atoms with Crippen LogP contribution in [-0.2, 0) is 11.3 Å². The summed E-state index contributed by atoms with van der Waals surface area (Å²) in [5.41, 5.74) is 9.38. The summed E-state index contributed by atoms with van der Waals surface area (Å²) in [5, 5.41) is 3.20. The first-order chi connectivity index (χ1) is 12.3. The SMILES string of the molecule is COCc1ccccc1NC(N)=NCC1CCN(c2ccccc2)C1. The number of anilines is 2. The van der Waals surface area contributed by atoms with Crippen molar-refractivity contribution in [2.75, 3.05) is 37.0 Å². The van der Waals surface area contributed by atoms with Crippen molar-refractivity contribution in [1.29, 1.82) is 0 Å². The molecular weight excluding hydrogens is 312 g/mol. The predicted molar refractivity (Wildman–Crippen MR) is 104 cm³/mol. The van der Waals surface area contributed by atoms with Gasteiger partial charge in [-0.2, -0.15) is 0 Å². The first-order valence-electron chi connectivity index (χ1n) is 8.70. The summed E-state index contributed by atoms with van der Waals surface area (Å²) in [5.74, 6) is 0.997. The lowest BCUT2D eigenvalue weighted by atomic mass is 10.1. The van der Waals surface area contributed by atoms with Crippen LogP contribution < -0.4 is 16.0 Å². The minimum Gasteiger partial charge on any atom is -0.380 e. The Hall–Kier alpha value is -2.53. The zero-order valence-electron chi connectivity index (χ0n) is 14.7. The lowest BCUT2D eigenvalue weighted by Gasteiger charge is -2.18. The third-order valence-electron chi connectivity index (χ3n) is 4.51. The van der Waals surface area contributed by atoms with Crippen molar-refractivity contribution in [3.05, 3.63) is 60.2 Å². The van der Waals surface area contributed by atoms with Crippen LogP contribution in [0.5, 0.6) is 0 Å². The number of rotatable bonds is 6. The summed E-state index contributed by atoms with van der Waals surface area (Å²) in [6.07, 6.45) is 1.14. The van der Waals surface area contributed by atoms with Gasteiger partial charge in [-0.1, -0.05) is 36.4 Å². The Morgan fingerprint density at radius 3 is 2.76 bits per heavy atom. The number of nitrogens with two attached hydrogens (primary N) is 1. The molecule has 0 spiro atoms. The van der Waals surface area contributed by atoms with Gasteiger partial charge in [0.15, 0.2) is 5.96 Å². The molecule has 1 fully saturated rings. The standard InChI is InChI=1S/C20H26N4O/c1-25-15-17-7-5-6-10-19(17)23-20(21)22-13-16-11-12-24(14-16)18-8-3-2-4-9-18/h2-10,16H,11-15H2,1H3,(H3,21,22,23). The topological polar surface area (TPSA) is 62.9 Å². The van der Waals surface area contributed by atoms with E-state index < -0.39 is 0 Å². The summed E-state index contributed by atoms with van der Waals surface area (Å²) < 4.78 is 5.22. The summed E-state index contributed by atoms with van der Waals surface area (Å²) in [4.78, 5) is 6.96. The van der Waals surface area contributed by atoms with E-state index in [2.05, 4.69) is 45.5 Å². The number of benzene rings is 2. The molecule has 132 valence electrons. The molecule has 1 aliphatic rings. The zero-order valence-corrected chi connectivity index (χ0v) is 14.7. The van der Waals surface area contributed by atoms with Crippen LogP contribution in [0, 0.1) is 5.92 Å². The Morgan fingerprint density at radius 2 is 1.96 bits per heavy atom. The smallest absolute Gasteiger partial charge is 0.193 e. The fourth-order valence-corrected chi connectivity index (χ4v) is 3.18. The number of guanidine groups is 1. The first-order valence-corrected chi connectivity index (χ1v) is 8.70. The molecule has 25 heavy (non-hydrogen) atoms. The highest BCUT2D eigenvalue weighted by atomic mass is 16.5. The maximum Gasteiger partial charge on any atom is 0.193 e. The minimum atomic E-state index is 0.460. The first kappa shape index (κ1) is 17.3. The highest BCUT2D eigenvalue weighted by molar-refractivity contribution is 5.92. The number of para-hydroxylation sites is 2. The number of nitrogens with one attached hydrogen (secondary N) is 1. The number of hydrogen-bond donors (Lipinski definition) is 2. The van der Waals surface area contributed by atoms with Crippen molar-refractivity contribution in [3.63, 3.8) is 0 Å². The molecule has 0 saturated carbocycles. The Bertz CT molecular complexity index is 702. The van der Waals surface area contributed by atoms with Gasteiger partial charge in [-0.25, -0.2) is 0 Å². The van der Waals surface area contributed by atoms with E-state index in [1.165, 1.54) is 5.69 Å². The monoisotopic (exact) mass is 338 g/mol. The van der Waals surface area contributed by atoms with E-state index >= 15 is 0 Å². The van der Waals surface area contributed by atoms with Crippen molar-refractivity contribution in [2.24, 2.45) is 16.6 Å². The molecule has 0 radical (unpaired) electrons. The molecule has 3 N–H and O–H groups in total. The molecule has 1 saturated heterocycles. The molecule has 0 amide bonds. The van der Waals surface area contributed by atoms with Gasteiger partial charge in [0.05, 0.1) is 6.61 Å². The van der Waals surface area contributed by atoms with Gasteiger partial charge in [-0.3, -0.25) is 4.99 Å². The molecule has 5 heteroatoms. The molecule has 1 heterocycles. The molecule has 2 aromatic rings. The predicted octanol–water partition coefficient (Wildman–Crippen LogP) is 3.09. The average Bonchev–Trinajstić information content (AvgIpc) is 3.12. The van der Waals surface area contributed by atoms with Crippen LogP contribution in [0.1, 0.15) is 12.0 Å². The van der Waals surface area contributed by atoms with Crippen LogP contribution in [0.4, 0.5) is 11.4 Å². The van der Waals surface area contributed by atoms with Crippen LogP contribution in [-0.4, -0.2) is 32.7 Å². The van der Waals surface area contributed by atoms with E-state index in [0.717, 1.165) is 37.3 Å². The van der Waals surface area contributed by atoms with Crippen molar-refractivity contribution in [3.8, 4) is 0 Å². The third-order valence-corrected chi connectivity index (χ3v) is 4.51. The van der Waals surface area contributed by atoms with Gasteiger partial charge in [0.1, 0.15) is 0 Å². The lowest BCUT2D eigenvalue weighted by Crippen LogP contribution is -2.25. The summed E-state index contributed by atoms with van der Waals surface area (Å²) in [6.45, 7) is 3.40.